The number of benzene rings is 1. The van der Waals surface area contributed by atoms with E-state index in [4.69, 9.17) is 0 Å². The lowest BCUT2D eigenvalue weighted by atomic mass is 9.85. The van der Waals surface area contributed by atoms with Crippen molar-refractivity contribution >= 4 is 0 Å². The molecule has 0 amide bonds. The summed E-state index contributed by atoms with van der Waals surface area (Å²) in [6.45, 7) is 9.07. The van der Waals surface area contributed by atoms with E-state index in [1.165, 1.54) is 16.7 Å². The van der Waals surface area contributed by atoms with Gasteiger partial charge in [-0.15, -0.1) is 0 Å². The van der Waals surface area contributed by atoms with Gasteiger partial charge in [0.15, 0.2) is 0 Å². The maximum absolute atomic E-state index is 9.17. The molecule has 0 aliphatic carbocycles. The maximum atomic E-state index is 9.17. The van der Waals surface area contributed by atoms with Gasteiger partial charge < -0.3 is 5.11 Å². The zero-order valence-electron chi connectivity index (χ0n) is 11.0. The number of aliphatic hydroxyl groups is 1. The van der Waals surface area contributed by atoms with Gasteiger partial charge in [0.2, 0.25) is 0 Å². The van der Waals surface area contributed by atoms with E-state index < -0.39 is 0 Å². The Morgan fingerprint density at radius 3 is 2.44 bits per heavy atom. The van der Waals surface area contributed by atoms with Gasteiger partial charge in [-0.05, 0) is 49.7 Å². The highest BCUT2D eigenvalue weighted by Crippen LogP contribution is 2.29. The molecule has 1 heteroatoms. The molecular formula is C15H24O. The van der Waals surface area contributed by atoms with Gasteiger partial charge in [0.1, 0.15) is 0 Å². The van der Waals surface area contributed by atoms with E-state index in [1.807, 2.05) is 0 Å². The predicted molar refractivity (Wildman–Crippen MR) is 69.8 cm³/mol. The van der Waals surface area contributed by atoms with Crippen LogP contribution >= 0.6 is 0 Å². The van der Waals surface area contributed by atoms with Gasteiger partial charge in [-0.3, -0.25) is 0 Å². The van der Waals surface area contributed by atoms with Gasteiger partial charge in [-0.25, -0.2) is 0 Å². The molecule has 0 fully saturated rings. The lowest BCUT2D eigenvalue weighted by Gasteiger charge is -2.21. The maximum Gasteiger partial charge on any atom is 0.0436 e. The van der Waals surface area contributed by atoms with Crippen LogP contribution in [0.1, 0.15) is 49.3 Å². The minimum Gasteiger partial charge on any atom is -0.396 e. The number of rotatable bonds is 5. The van der Waals surface area contributed by atoms with Crippen LogP contribution in [0.15, 0.2) is 18.2 Å². The Kier molecular flexibility index (Phi) is 5.01. The van der Waals surface area contributed by atoms with Crippen LogP contribution in [-0.2, 0) is 0 Å². The zero-order chi connectivity index (χ0) is 12.1. The quantitative estimate of drug-likeness (QED) is 0.800. The number of aryl methyl sites for hydroxylation is 2. The van der Waals surface area contributed by atoms with Crippen molar-refractivity contribution in [3.8, 4) is 0 Å². The van der Waals surface area contributed by atoms with Crippen molar-refractivity contribution in [1.82, 2.24) is 0 Å². The van der Waals surface area contributed by atoms with Gasteiger partial charge in [0.25, 0.3) is 0 Å². The Morgan fingerprint density at radius 1 is 1.19 bits per heavy atom. The zero-order valence-corrected chi connectivity index (χ0v) is 11.0. The Balaban J connectivity index is 2.94. The minimum atomic E-state index is 0.283. The summed E-state index contributed by atoms with van der Waals surface area (Å²) in [6.07, 6.45) is 2.04. The van der Waals surface area contributed by atoms with Gasteiger partial charge in [-0.2, -0.15) is 0 Å². The minimum absolute atomic E-state index is 0.283. The summed E-state index contributed by atoms with van der Waals surface area (Å²) in [6, 6.07) is 6.62. The lowest BCUT2D eigenvalue weighted by molar-refractivity contribution is 0.267. The van der Waals surface area contributed by atoms with Gasteiger partial charge >= 0.3 is 0 Å². The molecule has 0 saturated carbocycles. The molecule has 0 aliphatic rings. The molecule has 1 rings (SSSR count). The fourth-order valence-electron chi connectivity index (χ4n) is 2.32. The highest BCUT2D eigenvalue weighted by molar-refractivity contribution is 5.33. The molecule has 0 saturated heterocycles. The van der Waals surface area contributed by atoms with Crippen molar-refractivity contribution in [2.24, 2.45) is 5.92 Å². The lowest BCUT2D eigenvalue weighted by Crippen LogP contribution is -2.07. The van der Waals surface area contributed by atoms with Gasteiger partial charge in [0, 0.05) is 6.61 Å². The van der Waals surface area contributed by atoms with Crippen LogP contribution in [-0.4, -0.2) is 11.7 Å². The summed E-state index contributed by atoms with van der Waals surface area (Å²) >= 11 is 0. The molecule has 0 heterocycles. The largest absolute Gasteiger partial charge is 0.396 e. The Bertz CT molecular complexity index is 328. The van der Waals surface area contributed by atoms with Crippen LogP contribution in [0.3, 0.4) is 0 Å². The van der Waals surface area contributed by atoms with E-state index >= 15 is 0 Å². The Hall–Kier alpha value is -0.820. The highest BCUT2D eigenvalue weighted by Gasteiger charge is 2.15. The second-order valence-electron chi connectivity index (χ2n) is 5.20. The molecule has 1 N–H and O–H groups in total. The van der Waals surface area contributed by atoms with E-state index in [1.54, 1.807) is 0 Å². The molecule has 1 aromatic rings. The Morgan fingerprint density at radius 2 is 1.88 bits per heavy atom. The Labute approximate surface area is 99.5 Å². The third-order valence-corrected chi connectivity index (χ3v) is 3.11. The van der Waals surface area contributed by atoms with E-state index in [0.717, 1.165) is 12.8 Å². The summed E-state index contributed by atoms with van der Waals surface area (Å²) in [4.78, 5) is 0. The van der Waals surface area contributed by atoms with Crippen molar-refractivity contribution in [3.05, 3.63) is 34.9 Å². The first-order chi connectivity index (χ1) is 7.54. The van der Waals surface area contributed by atoms with Crippen LogP contribution in [0, 0.1) is 19.8 Å². The molecule has 1 nitrogen and oxygen atoms in total. The fraction of sp³-hybridized carbons (Fsp3) is 0.600. The molecule has 0 radical (unpaired) electrons. The smallest absolute Gasteiger partial charge is 0.0436 e. The first-order valence-corrected chi connectivity index (χ1v) is 6.22. The van der Waals surface area contributed by atoms with Crippen molar-refractivity contribution in [2.75, 3.05) is 6.61 Å². The molecule has 0 aromatic heterocycles. The first-order valence-electron chi connectivity index (χ1n) is 6.22. The molecule has 0 aliphatic heterocycles. The monoisotopic (exact) mass is 220 g/mol. The normalized spacial score (nSPS) is 13.1. The standard InChI is InChI=1S/C15H24O/c1-11(2)9-14(7-8-16)15-10-12(3)5-6-13(15)4/h5-6,10-11,14,16H,7-9H2,1-4H3. The topological polar surface area (TPSA) is 20.2 Å². The molecule has 1 atom stereocenters. The predicted octanol–water partition coefficient (Wildman–Crippen LogP) is 3.82. The van der Waals surface area contributed by atoms with Crippen molar-refractivity contribution < 1.29 is 5.11 Å². The summed E-state index contributed by atoms with van der Waals surface area (Å²) in [5.41, 5.74) is 4.08. The fourth-order valence-corrected chi connectivity index (χ4v) is 2.32. The van der Waals surface area contributed by atoms with Crippen LogP contribution < -0.4 is 0 Å². The van der Waals surface area contributed by atoms with Crippen molar-refractivity contribution in [3.63, 3.8) is 0 Å². The van der Waals surface area contributed by atoms with E-state index in [0.29, 0.717) is 11.8 Å². The summed E-state index contributed by atoms with van der Waals surface area (Å²) in [5.74, 6) is 1.18. The van der Waals surface area contributed by atoms with Crippen LogP contribution in [0.4, 0.5) is 0 Å². The third kappa shape index (κ3) is 3.64. The SMILES string of the molecule is Cc1ccc(C)c(C(CCO)CC(C)C)c1. The van der Waals surface area contributed by atoms with Crippen molar-refractivity contribution in [2.45, 2.75) is 46.5 Å². The van der Waals surface area contributed by atoms with Gasteiger partial charge in [0.05, 0.1) is 0 Å². The van der Waals surface area contributed by atoms with Gasteiger partial charge in [-0.1, -0.05) is 37.6 Å². The summed E-state index contributed by atoms with van der Waals surface area (Å²) in [5, 5.41) is 9.17. The van der Waals surface area contributed by atoms with Crippen LogP contribution in [0.2, 0.25) is 0 Å². The van der Waals surface area contributed by atoms with E-state index in [2.05, 4.69) is 45.9 Å². The molecule has 1 unspecified atom stereocenters. The molecule has 0 spiro atoms. The van der Waals surface area contributed by atoms with E-state index in [9.17, 15) is 5.11 Å². The molecule has 90 valence electrons. The second-order valence-corrected chi connectivity index (χ2v) is 5.20. The van der Waals surface area contributed by atoms with Crippen LogP contribution in [0.25, 0.3) is 0 Å². The summed E-state index contributed by atoms with van der Waals surface area (Å²) in [7, 11) is 0. The second kappa shape index (κ2) is 6.05. The molecule has 16 heavy (non-hydrogen) atoms. The number of hydrogen-bond acceptors (Lipinski definition) is 1. The van der Waals surface area contributed by atoms with Crippen LogP contribution in [0.5, 0.6) is 0 Å². The molecular weight excluding hydrogens is 196 g/mol. The number of hydrogen-bond donors (Lipinski definition) is 1. The van der Waals surface area contributed by atoms with E-state index in [-0.39, 0.29) is 6.61 Å². The summed E-state index contributed by atoms with van der Waals surface area (Å²) < 4.78 is 0. The highest BCUT2D eigenvalue weighted by atomic mass is 16.3. The first kappa shape index (κ1) is 13.2. The average molecular weight is 220 g/mol. The molecule has 0 bridgehead atoms. The number of aliphatic hydroxyl groups excluding tert-OH is 1. The molecule has 1 aromatic carbocycles. The average Bonchev–Trinajstić information content (AvgIpc) is 2.20. The third-order valence-electron chi connectivity index (χ3n) is 3.11. The van der Waals surface area contributed by atoms with Crippen molar-refractivity contribution in [1.29, 1.82) is 0 Å².